The number of hydrogen-bond acceptors (Lipinski definition) is 4. The summed E-state index contributed by atoms with van der Waals surface area (Å²) in [5.74, 6) is 1.10. The van der Waals surface area contributed by atoms with Crippen LogP contribution in [0.3, 0.4) is 0 Å². The van der Waals surface area contributed by atoms with Gasteiger partial charge in [-0.2, -0.15) is 0 Å². The molecular weight excluding hydrogens is 336 g/mol. The van der Waals surface area contributed by atoms with Crippen molar-refractivity contribution >= 4 is 17.4 Å². The van der Waals surface area contributed by atoms with Crippen LogP contribution < -0.4 is 9.80 Å². The fourth-order valence-electron chi connectivity index (χ4n) is 3.99. The van der Waals surface area contributed by atoms with Gasteiger partial charge >= 0.3 is 0 Å². The lowest BCUT2D eigenvalue weighted by Gasteiger charge is -2.36. The van der Waals surface area contributed by atoms with E-state index in [4.69, 9.17) is 0 Å². The quantitative estimate of drug-likeness (QED) is 0.837. The number of carbonyl (C=O) groups is 1. The van der Waals surface area contributed by atoms with Crippen LogP contribution in [0, 0.1) is 0 Å². The molecule has 0 unspecified atom stereocenters. The van der Waals surface area contributed by atoms with Crippen molar-refractivity contribution in [3.63, 3.8) is 0 Å². The summed E-state index contributed by atoms with van der Waals surface area (Å²) < 4.78 is 0. The van der Waals surface area contributed by atoms with Crippen LogP contribution in [0.2, 0.25) is 0 Å². The number of piperazine rings is 1. The predicted molar refractivity (Wildman–Crippen MR) is 109 cm³/mol. The molecule has 1 aromatic heterocycles. The molecule has 0 aliphatic carbocycles. The summed E-state index contributed by atoms with van der Waals surface area (Å²) in [6, 6.07) is 14.4. The Hall–Kier alpha value is -2.56. The zero-order valence-electron chi connectivity index (χ0n) is 15.9. The average Bonchev–Trinajstić information content (AvgIpc) is 3.04. The number of hydrogen-bond donors (Lipinski definition) is 0. The van der Waals surface area contributed by atoms with Gasteiger partial charge < -0.3 is 14.7 Å². The molecule has 5 nitrogen and oxygen atoms in total. The van der Waals surface area contributed by atoms with Crippen molar-refractivity contribution < 1.29 is 4.79 Å². The van der Waals surface area contributed by atoms with Crippen LogP contribution >= 0.6 is 0 Å². The zero-order chi connectivity index (χ0) is 18.5. The fraction of sp³-hybridized carbons (Fsp3) is 0.455. The summed E-state index contributed by atoms with van der Waals surface area (Å²) in [7, 11) is 0. The van der Waals surface area contributed by atoms with Crippen molar-refractivity contribution in [3.05, 3.63) is 54.2 Å². The van der Waals surface area contributed by atoms with Crippen molar-refractivity contribution in [3.8, 4) is 0 Å². The average molecular weight is 364 g/mol. The molecule has 142 valence electrons. The molecule has 27 heavy (non-hydrogen) atoms. The largest absolute Gasteiger partial charge is 0.368 e. The molecule has 2 saturated heterocycles. The summed E-state index contributed by atoms with van der Waals surface area (Å²) in [5, 5.41) is 0. The maximum atomic E-state index is 12.8. The van der Waals surface area contributed by atoms with E-state index < -0.39 is 0 Å². The molecule has 2 aromatic rings. The second-order valence-electron chi connectivity index (χ2n) is 7.42. The van der Waals surface area contributed by atoms with Crippen LogP contribution in [0.15, 0.2) is 48.7 Å². The van der Waals surface area contributed by atoms with Gasteiger partial charge in [0.1, 0.15) is 5.82 Å². The molecular formula is C22H28N4O. The van der Waals surface area contributed by atoms with E-state index in [-0.39, 0.29) is 5.91 Å². The van der Waals surface area contributed by atoms with Gasteiger partial charge in [0.25, 0.3) is 5.91 Å². The molecule has 0 saturated carbocycles. The van der Waals surface area contributed by atoms with Crippen LogP contribution in [0.4, 0.5) is 11.5 Å². The monoisotopic (exact) mass is 364 g/mol. The number of benzene rings is 1. The first-order chi connectivity index (χ1) is 13.3. The van der Waals surface area contributed by atoms with Crippen LogP contribution in [0.5, 0.6) is 0 Å². The second kappa shape index (κ2) is 8.42. The van der Waals surface area contributed by atoms with Gasteiger partial charge in [-0.1, -0.05) is 31.0 Å². The topological polar surface area (TPSA) is 39.7 Å². The third-order valence-electron chi connectivity index (χ3n) is 5.61. The third kappa shape index (κ3) is 4.24. The Bertz CT molecular complexity index is 731. The Morgan fingerprint density at radius 2 is 1.44 bits per heavy atom. The summed E-state index contributed by atoms with van der Waals surface area (Å²) >= 11 is 0. The minimum Gasteiger partial charge on any atom is -0.368 e. The number of carbonyl (C=O) groups excluding carboxylic acids is 1. The van der Waals surface area contributed by atoms with Crippen LogP contribution in [-0.4, -0.2) is 55.1 Å². The normalized spacial score (nSPS) is 18.3. The summed E-state index contributed by atoms with van der Waals surface area (Å²) in [5.41, 5.74) is 1.93. The Morgan fingerprint density at radius 3 is 2.07 bits per heavy atom. The molecule has 2 aliphatic heterocycles. The summed E-state index contributed by atoms with van der Waals surface area (Å²) in [6.45, 7) is 5.39. The minimum atomic E-state index is 0.0950. The molecule has 0 radical (unpaired) electrons. The number of rotatable bonds is 3. The van der Waals surface area contributed by atoms with E-state index >= 15 is 0 Å². The summed E-state index contributed by atoms with van der Waals surface area (Å²) in [6.07, 6.45) is 6.83. The Labute approximate surface area is 161 Å². The van der Waals surface area contributed by atoms with Gasteiger partial charge in [-0.15, -0.1) is 0 Å². The molecule has 3 heterocycles. The maximum absolute atomic E-state index is 12.8. The Morgan fingerprint density at radius 1 is 0.741 bits per heavy atom. The van der Waals surface area contributed by atoms with E-state index in [0.717, 1.165) is 45.1 Å². The molecule has 2 fully saturated rings. The lowest BCUT2D eigenvalue weighted by molar-refractivity contribution is 0.0746. The van der Waals surface area contributed by atoms with E-state index in [0.29, 0.717) is 5.56 Å². The number of aromatic nitrogens is 1. The zero-order valence-corrected chi connectivity index (χ0v) is 15.9. The van der Waals surface area contributed by atoms with E-state index in [2.05, 4.69) is 39.0 Å². The summed E-state index contributed by atoms with van der Waals surface area (Å²) in [4.78, 5) is 24.1. The number of nitrogens with zero attached hydrogens (tertiary/aromatic N) is 4. The first kappa shape index (κ1) is 17.8. The number of pyridine rings is 1. The van der Waals surface area contributed by atoms with Crippen molar-refractivity contribution in [2.45, 2.75) is 25.7 Å². The first-order valence-corrected chi connectivity index (χ1v) is 10.1. The SMILES string of the molecule is O=C(c1ccc(N2CCCCCC2)nc1)N1CCN(c2ccccc2)CC1. The van der Waals surface area contributed by atoms with Crippen molar-refractivity contribution in [2.24, 2.45) is 0 Å². The van der Waals surface area contributed by atoms with Gasteiger partial charge in [0.05, 0.1) is 5.56 Å². The highest BCUT2D eigenvalue weighted by Crippen LogP contribution is 2.19. The van der Waals surface area contributed by atoms with Gasteiger partial charge in [-0.25, -0.2) is 4.98 Å². The minimum absolute atomic E-state index is 0.0950. The third-order valence-corrected chi connectivity index (χ3v) is 5.61. The Kier molecular flexibility index (Phi) is 5.56. The smallest absolute Gasteiger partial charge is 0.255 e. The number of anilines is 2. The lowest BCUT2D eigenvalue weighted by Crippen LogP contribution is -2.48. The highest BCUT2D eigenvalue weighted by atomic mass is 16.2. The van der Waals surface area contributed by atoms with Crippen molar-refractivity contribution in [2.75, 3.05) is 49.1 Å². The van der Waals surface area contributed by atoms with E-state index in [9.17, 15) is 4.79 Å². The molecule has 1 aromatic carbocycles. The van der Waals surface area contributed by atoms with Crippen LogP contribution in [-0.2, 0) is 0 Å². The lowest BCUT2D eigenvalue weighted by atomic mass is 10.2. The molecule has 0 atom stereocenters. The van der Waals surface area contributed by atoms with E-state index in [1.165, 1.54) is 31.4 Å². The van der Waals surface area contributed by atoms with Crippen LogP contribution in [0.25, 0.3) is 0 Å². The molecule has 4 rings (SSSR count). The van der Waals surface area contributed by atoms with E-state index in [1.807, 2.05) is 23.1 Å². The first-order valence-electron chi connectivity index (χ1n) is 10.1. The molecule has 0 spiro atoms. The molecule has 5 heteroatoms. The van der Waals surface area contributed by atoms with Gasteiger partial charge in [0, 0.05) is 51.2 Å². The second-order valence-corrected chi connectivity index (χ2v) is 7.42. The van der Waals surface area contributed by atoms with Gasteiger partial charge in [-0.3, -0.25) is 4.79 Å². The van der Waals surface area contributed by atoms with Gasteiger partial charge in [-0.05, 0) is 37.1 Å². The van der Waals surface area contributed by atoms with Gasteiger partial charge in [0.2, 0.25) is 0 Å². The predicted octanol–water partition coefficient (Wildman–Crippen LogP) is 3.42. The van der Waals surface area contributed by atoms with Crippen molar-refractivity contribution in [1.82, 2.24) is 9.88 Å². The van der Waals surface area contributed by atoms with Crippen molar-refractivity contribution in [1.29, 1.82) is 0 Å². The Balaban J connectivity index is 1.36. The van der Waals surface area contributed by atoms with E-state index in [1.54, 1.807) is 6.20 Å². The molecule has 0 bridgehead atoms. The highest BCUT2D eigenvalue weighted by Gasteiger charge is 2.22. The molecule has 0 N–H and O–H groups in total. The number of para-hydroxylation sites is 1. The maximum Gasteiger partial charge on any atom is 0.255 e. The van der Waals surface area contributed by atoms with Gasteiger partial charge in [0.15, 0.2) is 0 Å². The van der Waals surface area contributed by atoms with Crippen LogP contribution in [0.1, 0.15) is 36.0 Å². The molecule has 2 aliphatic rings. The molecule has 1 amide bonds. The number of amides is 1. The highest BCUT2D eigenvalue weighted by molar-refractivity contribution is 5.94. The standard InChI is InChI=1S/C22H28N4O/c27-22(26-16-14-24(15-17-26)20-8-4-3-5-9-20)19-10-11-21(23-18-19)25-12-6-1-2-7-13-25/h3-5,8-11,18H,1-2,6-7,12-17H2. The fourth-order valence-corrected chi connectivity index (χ4v) is 3.99.